The molecule has 4 aromatic heterocycles. The molecule has 186 valence electrons. The van der Waals surface area contributed by atoms with Gasteiger partial charge in [-0.25, -0.2) is 4.98 Å². The fraction of sp³-hybridized carbons (Fsp3) is 0.320. The molecule has 0 amide bonds. The van der Waals surface area contributed by atoms with Gasteiger partial charge in [0.15, 0.2) is 11.4 Å². The van der Waals surface area contributed by atoms with Gasteiger partial charge < -0.3 is 29.5 Å². The van der Waals surface area contributed by atoms with E-state index in [1.165, 1.54) is 5.69 Å². The van der Waals surface area contributed by atoms with Crippen molar-refractivity contribution in [2.45, 2.75) is 6.54 Å². The highest BCUT2D eigenvalue weighted by Crippen LogP contribution is 2.26. The minimum absolute atomic E-state index is 0.0166. The van der Waals surface area contributed by atoms with Crippen LogP contribution in [-0.4, -0.2) is 80.1 Å². The van der Waals surface area contributed by atoms with E-state index in [1.807, 2.05) is 36.7 Å². The van der Waals surface area contributed by atoms with Gasteiger partial charge in [-0.1, -0.05) is 0 Å². The smallest absolute Gasteiger partial charge is 0.223 e. The molecular formula is C25H28N8O3. The molecule has 3 N–H and O–H groups in total. The molecule has 5 heterocycles. The van der Waals surface area contributed by atoms with Crippen molar-refractivity contribution in [1.82, 2.24) is 29.0 Å². The lowest BCUT2D eigenvalue weighted by molar-refractivity contribution is 0.201. The van der Waals surface area contributed by atoms with E-state index in [4.69, 9.17) is 20.0 Å². The average Bonchev–Trinajstić information content (AvgIpc) is 3.67. The molecule has 1 aliphatic rings. The predicted molar refractivity (Wildman–Crippen MR) is 136 cm³/mol. The van der Waals surface area contributed by atoms with E-state index in [0.717, 1.165) is 61.7 Å². The standard InChI is InChI=1S/C25H28N8O3/c26-25-28-24-23(21-16-20(29-33(21)25)22-2-1-14-36-22)27-17-32(24)12-9-30-7-10-31(11-8-30)18-3-5-19(6-4-18)35-15-13-34/h1-6,14,16-17,34H,7-13,15H2,(H2,26,28). The van der Waals surface area contributed by atoms with Crippen LogP contribution in [0.25, 0.3) is 28.1 Å². The zero-order valence-corrected chi connectivity index (χ0v) is 19.8. The van der Waals surface area contributed by atoms with Gasteiger partial charge in [0.25, 0.3) is 0 Å². The van der Waals surface area contributed by atoms with E-state index in [2.05, 4.69) is 41.6 Å². The number of imidazole rings is 1. The van der Waals surface area contributed by atoms with Gasteiger partial charge in [-0.05, 0) is 42.5 Å². The molecule has 0 atom stereocenters. The Morgan fingerprint density at radius 2 is 1.89 bits per heavy atom. The average molecular weight is 489 g/mol. The third-order valence-electron chi connectivity index (χ3n) is 6.56. The fourth-order valence-corrected chi connectivity index (χ4v) is 4.66. The molecule has 0 aliphatic carbocycles. The van der Waals surface area contributed by atoms with E-state index >= 15 is 0 Å². The number of piperazine rings is 1. The lowest BCUT2D eigenvalue weighted by atomic mass is 10.2. The van der Waals surface area contributed by atoms with Gasteiger partial charge in [-0.2, -0.15) is 14.6 Å². The largest absolute Gasteiger partial charge is 0.491 e. The molecule has 36 heavy (non-hydrogen) atoms. The summed E-state index contributed by atoms with van der Waals surface area (Å²) in [6, 6.07) is 13.7. The summed E-state index contributed by atoms with van der Waals surface area (Å²) in [5, 5.41) is 13.4. The quantitative estimate of drug-likeness (QED) is 0.338. The number of aliphatic hydroxyl groups is 1. The molecule has 1 fully saturated rings. The minimum Gasteiger partial charge on any atom is -0.491 e. The Morgan fingerprint density at radius 3 is 2.64 bits per heavy atom. The molecule has 1 aliphatic heterocycles. The van der Waals surface area contributed by atoms with Crippen LogP contribution in [0, 0.1) is 0 Å². The molecule has 11 nitrogen and oxygen atoms in total. The molecule has 0 unspecified atom stereocenters. The van der Waals surface area contributed by atoms with Crippen LogP contribution >= 0.6 is 0 Å². The SMILES string of the molecule is Nc1nc2c(ncn2CCN2CCN(c3ccc(OCCO)cc3)CC2)c2cc(-c3ccco3)nn12. The highest BCUT2D eigenvalue weighted by Gasteiger charge is 2.19. The summed E-state index contributed by atoms with van der Waals surface area (Å²) in [4.78, 5) is 14.1. The zero-order chi connectivity index (χ0) is 24.5. The number of nitrogens with two attached hydrogens (primary N) is 1. The highest BCUT2D eigenvalue weighted by molar-refractivity contribution is 5.90. The first-order valence-electron chi connectivity index (χ1n) is 12.0. The van der Waals surface area contributed by atoms with Crippen molar-refractivity contribution in [3.8, 4) is 17.2 Å². The summed E-state index contributed by atoms with van der Waals surface area (Å²) in [6.07, 6.45) is 3.45. The number of benzene rings is 1. The van der Waals surface area contributed by atoms with Crippen LogP contribution in [0.3, 0.4) is 0 Å². The monoisotopic (exact) mass is 488 g/mol. The highest BCUT2D eigenvalue weighted by atomic mass is 16.5. The van der Waals surface area contributed by atoms with Crippen molar-refractivity contribution < 1.29 is 14.3 Å². The number of ether oxygens (including phenoxy) is 1. The first-order chi connectivity index (χ1) is 17.7. The Bertz CT molecular complexity index is 1450. The van der Waals surface area contributed by atoms with Crippen LogP contribution in [0.5, 0.6) is 5.75 Å². The molecule has 1 aromatic carbocycles. The van der Waals surface area contributed by atoms with E-state index in [-0.39, 0.29) is 6.61 Å². The number of anilines is 2. The van der Waals surface area contributed by atoms with Crippen molar-refractivity contribution >= 4 is 28.3 Å². The van der Waals surface area contributed by atoms with E-state index in [0.29, 0.717) is 24.0 Å². The Hall–Kier alpha value is -4.09. The van der Waals surface area contributed by atoms with Crippen molar-refractivity contribution in [2.24, 2.45) is 0 Å². The first kappa shape index (κ1) is 22.4. The van der Waals surface area contributed by atoms with Crippen LogP contribution in [0.4, 0.5) is 11.6 Å². The maximum atomic E-state index is 8.90. The number of hydrogen-bond donors (Lipinski definition) is 2. The molecule has 1 saturated heterocycles. The van der Waals surface area contributed by atoms with Gasteiger partial charge in [-0.15, -0.1) is 0 Å². The van der Waals surface area contributed by atoms with Crippen molar-refractivity contribution in [2.75, 3.05) is 56.6 Å². The van der Waals surface area contributed by atoms with Crippen LogP contribution < -0.4 is 15.4 Å². The van der Waals surface area contributed by atoms with Gasteiger partial charge >= 0.3 is 0 Å². The number of furan rings is 1. The first-order valence-corrected chi connectivity index (χ1v) is 12.0. The molecule has 0 saturated carbocycles. The molecule has 0 spiro atoms. The number of aromatic nitrogens is 5. The van der Waals surface area contributed by atoms with Gasteiger partial charge in [0.05, 0.1) is 19.2 Å². The number of fused-ring (bicyclic) bond motifs is 3. The van der Waals surface area contributed by atoms with Crippen molar-refractivity contribution in [3.05, 3.63) is 55.1 Å². The number of aliphatic hydroxyl groups excluding tert-OH is 1. The summed E-state index contributed by atoms with van der Waals surface area (Å²) in [5.74, 6) is 1.77. The van der Waals surface area contributed by atoms with Gasteiger partial charge in [0, 0.05) is 45.0 Å². The molecule has 0 bridgehead atoms. The maximum absolute atomic E-state index is 8.90. The number of hydrogen-bond acceptors (Lipinski definition) is 9. The molecule has 5 aromatic rings. The maximum Gasteiger partial charge on any atom is 0.223 e. The van der Waals surface area contributed by atoms with Gasteiger partial charge in [-0.3, -0.25) is 4.90 Å². The molecule has 6 rings (SSSR count). The van der Waals surface area contributed by atoms with E-state index < -0.39 is 0 Å². The summed E-state index contributed by atoms with van der Waals surface area (Å²) < 4.78 is 14.6. The van der Waals surface area contributed by atoms with E-state index in [1.54, 1.807) is 10.8 Å². The second-order valence-electron chi connectivity index (χ2n) is 8.78. The second kappa shape index (κ2) is 9.51. The number of nitrogen functional groups attached to an aromatic ring is 1. The summed E-state index contributed by atoms with van der Waals surface area (Å²) in [7, 11) is 0. The van der Waals surface area contributed by atoms with Crippen LogP contribution in [-0.2, 0) is 6.54 Å². The Balaban J connectivity index is 1.11. The van der Waals surface area contributed by atoms with Crippen LogP contribution in [0.1, 0.15) is 0 Å². The zero-order valence-electron chi connectivity index (χ0n) is 19.8. The van der Waals surface area contributed by atoms with Gasteiger partial charge in [0.2, 0.25) is 5.95 Å². The predicted octanol–water partition coefficient (Wildman–Crippen LogP) is 2.11. The fourth-order valence-electron chi connectivity index (χ4n) is 4.66. The summed E-state index contributed by atoms with van der Waals surface area (Å²) in [6.45, 7) is 5.87. The third kappa shape index (κ3) is 4.23. The van der Waals surface area contributed by atoms with Gasteiger partial charge in [0.1, 0.15) is 29.1 Å². The molecule has 0 radical (unpaired) electrons. The van der Waals surface area contributed by atoms with Crippen LogP contribution in [0.2, 0.25) is 0 Å². The van der Waals surface area contributed by atoms with Crippen molar-refractivity contribution in [1.29, 1.82) is 0 Å². The third-order valence-corrected chi connectivity index (χ3v) is 6.56. The van der Waals surface area contributed by atoms with Crippen molar-refractivity contribution in [3.63, 3.8) is 0 Å². The second-order valence-corrected chi connectivity index (χ2v) is 8.78. The summed E-state index contributed by atoms with van der Waals surface area (Å²) in [5.41, 5.74) is 10.5. The Kier molecular flexibility index (Phi) is 5.91. The lowest BCUT2D eigenvalue weighted by Crippen LogP contribution is -2.47. The summed E-state index contributed by atoms with van der Waals surface area (Å²) >= 11 is 0. The van der Waals surface area contributed by atoms with Crippen LogP contribution in [0.15, 0.2) is 59.5 Å². The minimum atomic E-state index is 0.0166. The molecular weight excluding hydrogens is 460 g/mol. The molecule has 11 heteroatoms. The van der Waals surface area contributed by atoms with E-state index in [9.17, 15) is 0 Å². The Labute approximate surface area is 207 Å². The number of rotatable bonds is 8. The Morgan fingerprint density at radius 1 is 1.06 bits per heavy atom. The topological polar surface area (TPSA) is 123 Å². The number of nitrogens with zero attached hydrogens (tertiary/aromatic N) is 7. The normalized spacial score (nSPS) is 14.8. The lowest BCUT2D eigenvalue weighted by Gasteiger charge is -2.36.